The molecule has 0 unspecified atom stereocenters. The van der Waals surface area contributed by atoms with Crippen molar-refractivity contribution in [1.29, 1.82) is 0 Å². The van der Waals surface area contributed by atoms with Crippen LogP contribution in [0.4, 0.5) is 0 Å². The van der Waals surface area contributed by atoms with Gasteiger partial charge in [-0.25, -0.2) is 0 Å². The third-order valence-electron chi connectivity index (χ3n) is 4.69. The molecular formula is C21H21N5O2. The predicted molar refractivity (Wildman–Crippen MR) is 107 cm³/mol. The van der Waals surface area contributed by atoms with Gasteiger partial charge in [-0.15, -0.1) is 0 Å². The molecule has 4 rings (SSSR count). The molecule has 0 atom stereocenters. The second-order valence-corrected chi connectivity index (χ2v) is 6.67. The summed E-state index contributed by atoms with van der Waals surface area (Å²) >= 11 is 0. The van der Waals surface area contributed by atoms with E-state index in [2.05, 4.69) is 32.7 Å². The molecule has 0 saturated carbocycles. The molecule has 1 amide bonds. The van der Waals surface area contributed by atoms with Crippen molar-refractivity contribution in [3.05, 3.63) is 65.5 Å². The highest BCUT2D eigenvalue weighted by atomic mass is 16.5. The fourth-order valence-electron chi connectivity index (χ4n) is 3.21. The standard InChI is InChI=1S/C21H21N5O2/c1-13-7-8-20-16(9-13)19(25-26(20)2)12-22-21(27)18-11-17(23-24-18)14-5-4-6-15(10-14)28-3/h4-11H,12H2,1-3H3,(H,22,27)(H,23,24). The minimum atomic E-state index is -0.229. The van der Waals surface area contributed by atoms with E-state index in [0.29, 0.717) is 17.9 Å². The first-order valence-corrected chi connectivity index (χ1v) is 8.95. The highest BCUT2D eigenvalue weighted by molar-refractivity contribution is 5.93. The SMILES string of the molecule is COc1cccc(-c2cc(C(=O)NCc3nn(C)c4ccc(C)cc34)[nH]n2)c1. The molecule has 0 aliphatic heterocycles. The van der Waals surface area contributed by atoms with Crippen LogP contribution in [0.15, 0.2) is 48.5 Å². The Kier molecular flexibility index (Phi) is 4.57. The van der Waals surface area contributed by atoms with Crippen molar-refractivity contribution in [1.82, 2.24) is 25.3 Å². The number of benzene rings is 2. The second-order valence-electron chi connectivity index (χ2n) is 6.67. The molecule has 4 aromatic rings. The Hall–Kier alpha value is -3.61. The summed E-state index contributed by atoms with van der Waals surface area (Å²) in [6.45, 7) is 2.38. The van der Waals surface area contributed by atoms with Gasteiger partial charge in [-0.05, 0) is 37.3 Å². The maximum Gasteiger partial charge on any atom is 0.269 e. The molecule has 0 aliphatic rings. The largest absolute Gasteiger partial charge is 0.497 e. The highest BCUT2D eigenvalue weighted by Gasteiger charge is 2.14. The van der Waals surface area contributed by atoms with Crippen LogP contribution in [0.2, 0.25) is 0 Å². The van der Waals surface area contributed by atoms with Crippen LogP contribution in [0.3, 0.4) is 0 Å². The molecule has 0 spiro atoms. The van der Waals surface area contributed by atoms with Crippen molar-refractivity contribution in [2.45, 2.75) is 13.5 Å². The van der Waals surface area contributed by atoms with Crippen molar-refractivity contribution in [2.24, 2.45) is 7.05 Å². The Labute approximate surface area is 162 Å². The summed E-state index contributed by atoms with van der Waals surface area (Å²) in [5.41, 5.74) is 4.99. The van der Waals surface area contributed by atoms with E-state index >= 15 is 0 Å². The Balaban J connectivity index is 1.51. The Morgan fingerprint density at radius 1 is 1.21 bits per heavy atom. The number of nitrogens with one attached hydrogen (secondary N) is 2. The number of hydrogen-bond donors (Lipinski definition) is 2. The van der Waals surface area contributed by atoms with E-state index in [-0.39, 0.29) is 5.91 Å². The summed E-state index contributed by atoms with van der Waals surface area (Å²) < 4.78 is 7.06. The summed E-state index contributed by atoms with van der Waals surface area (Å²) in [5.74, 6) is 0.511. The van der Waals surface area contributed by atoms with Crippen LogP contribution >= 0.6 is 0 Å². The quantitative estimate of drug-likeness (QED) is 0.561. The average molecular weight is 375 g/mol. The van der Waals surface area contributed by atoms with Gasteiger partial charge in [0.1, 0.15) is 11.4 Å². The van der Waals surface area contributed by atoms with Crippen molar-refractivity contribution < 1.29 is 9.53 Å². The summed E-state index contributed by atoms with van der Waals surface area (Å²) in [7, 11) is 3.52. The van der Waals surface area contributed by atoms with Gasteiger partial charge in [0.05, 0.1) is 30.6 Å². The first kappa shape index (κ1) is 17.8. The lowest BCUT2D eigenvalue weighted by molar-refractivity contribution is 0.0945. The molecule has 7 heteroatoms. The molecule has 0 saturated heterocycles. The minimum Gasteiger partial charge on any atom is -0.497 e. The number of amides is 1. The van der Waals surface area contributed by atoms with Crippen molar-refractivity contribution in [2.75, 3.05) is 7.11 Å². The number of carbonyl (C=O) groups is 1. The zero-order valence-corrected chi connectivity index (χ0v) is 16.0. The van der Waals surface area contributed by atoms with Gasteiger partial charge in [0.15, 0.2) is 0 Å². The molecule has 2 aromatic heterocycles. The molecule has 2 N–H and O–H groups in total. The van der Waals surface area contributed by atoms with Crippen LogP contribution in [0.25, 0.3) is 22.2 Å². The van der Waals surface area contributed by atoms with E-state index in [0.717, 1.165) is 33.5 Å². The van der Waals surface area contributed by atoms with Crippen molar-refractivity contribution in [3.8, 4) is 17.0 Å². The molecule has 7 nitrogen and oxygen atoms in total. The average Bonchev–Trinajstić information content (AvgIpc) is 3.31. The third kappa shape index (κ3) is 3.34. The fourth-order valence-corrected chi connectivity index (χ4v) is 3.21. The summed E-state index contributed by atoms with van der Waals surface area (Å²) in [4.78, 5) is 12.6. The van der Waals surface area contributed by atoms with Crippen molar-refractivity contribution >= 4 is 16.8 Å². The first-order valence-electron chi connectivity index (χ1n) is 8.95. The van der Waals surface area contributed by atoms with Gasteiger partial charge in [0.25, 0.3) is 5.91 Å². The van der Waals surface area contributed by atoms with Gasteiger partial charge in [-0.1, -0.05) is 23.8 Å². The van der Waals surface area contributed by atoms with Crippen LogP contribution in [0.1, 0.15) is 21.7 Å². The van der Waals surface area contributed by atoms with Crippen LogP contribution in [-0.2, 0) is 13.6 Å². The van der Waals surface area contributed by atoms with E-state index in [9.17, 15) is 4.79 Å². The Morgan fingerprint density at radius 3 is 2.89 bits per heavy atom. The molecule has 2 heterocycles. The summed E-state index contributed by atoms with van der Waals surface area (Å²) in [6, 6.07) is 15.4. The lowest BCUT2D eigenvalue weighted by Gasteiger charge is -2.02. The summed E-state index contributed by atoms with van der Waals surface area (Å²) in [6.07, 6.45) is 0. The zero-order chi connectivity index (χ0) is 19.7. The molecular weight excluding hydrogens is 354 g/mol. The summed E-state index contributed by atoms with van der Waals surface area (Å²) in [5, 5.41) is 15.5. The number of ether oxygens (including phenoxy) is 1. The van der Waals surface area contributed by atoms with E-state index in [1.165, 1.54) is 0 Å². The number of aromatic nitrogens is 4. The lowest BCUT2D eigenvalue weighted by atomic mass is 10.1. The number of H-pyrrole nitrogens is 1. The van der Waals surface area contributed by atoms with Crippen LogP contribution in [-0.4, -0.2) is 33.0 Å². The number of nitrogens with zero attached hydrogens (tertiary/aromatic N) is 3. The van der Waals surface area contributed by atoms with Crippen molar-refractivity contribution in [3.63, 3.8) is 0 Å². The number of carbonyl (C=O) groups excluding carboxylic acids is 1. The van der Waals surface area contributed by atoms with Gasteiger partial charge < -0.3 is 10.1 Å². The topological polar surface area (TPSA) is 84.8 Å². The van der Waals surface area contributed by atoms with E-state index in [1.807, 2.05) is 49.0 Å². The van der Waals surface area contributed by atoms with Crippen LogP contribution < -0.4 is 10.1 Å². The monoisotopic (exact) mass is 375 g/mol. The Morgan fingerprint density at radius 2 is 2.07 bits per heavy atom. The molecule has 2 aromatic carbocycles. The number of aryl methyl sites for hydroxylation is 2. The lowest BCUT2D eigenvalue weighted by Crippen LogP contribution is -2.23. The highest BCUT2D eigenvalue weighted by Crippen LogP contribution is 2.23. The van der Waals surface area contributed by atoms with E-state index in [1.54, 1.807) is 13.2 Å². The van der Waals surface area contributed by atoms with Crippen LogP contribution in [0, 0.1) is 6.92 Å². The number of methoxy groups -OCH3 is 1. The zero-order valence-electron chi connectivity index (χ0n) is 16.0. The van der Waals surface area contributed by atoms with Gasteiger partial charge in [-0.3, -0.25) is 14.6 Å². The predicted octanol–water partition coefficient (Wildman–Crippen LogP) is 3.21. The minimum absolute atomic E-state index is 0.229. The number of hydrogen-bond acceptors (Lipinski definition) is 4. The number of rotatable bonds is 5. The maximum absolute atomic E-state index is 12.6. The number of fused-ring (bicyclic) bond motifs is 1. The maximum atomic E-state index is 12.6. The van der Waals surface area contributed by atoms with Gasteiger partial charge >= 0.3 is 0 Å². The van der Waals surface area contributed by atoms with Crippen LogP contribution in [0.5, 0.6) is 5.75 Å². The molecule has 142 valence electrons. The molecule has 0 bridgehead atoms. The molecule has 0 fully saturated rings. The number of aromatic amines is 1. The Bertz CT molecular complexity index is 1160. The first-order chi connectivity index (χ1) is 13.5. The van der Waals surface area contributed by atoms with Gasteiger partial charge in [0.2, 0.25) is 0 Å². The second kappa shape index (κ2) is 7.19. The van der Waals surface area contributed by atoms with Gasteiger partial charge in [0, 0.05) is 18.0 Å². The molecule has 28 heavy (non-hydrogen) atoms. The normalized spacial score (nSPS) is 11.0. The molecule has 0 aliphatic carbocycles. The van der Waals surface area contributed by atoms with E-state index < -0.39 is 0 Å². The third-order valence-corrected chi connectivity index (χ3v) is 4.69. The molecule has 0 radical (unpaired) electrons. The van der Waals surface area contributed by atoms with Gasteiger partial charge in [-0.2, -0.15) is 10.2 Å². The van der Waals surface area contributed by atoms with E-state index in [4.69, 9.17) is 4.74 Å². The fraction of sp³-hybridized carbons (Fsp3) is 0.190. The smallest absolute Gasteiger partial charge is 0.269 e.